The molecule has 9 nitrogen and oxygen atoms in total. The number of pyridine rings is 1. The Morgan fingerprint density at radius 1 is 1.14 bits per heavy atom. The van der Waals surface area contributed by atoms with E-state index < -0.39 is 21.8 Å². The standard InChI is InChI=1S/C23H28F3N7O2S/c1-14(30-36(3,34)35)21-15(2)31(10-11-32(21)17-5-6-17)20-8-9-27-22(29-20)18-12-28-19-7-4-16(13-33(18)19)23(24,25)26/h4,7-9,12-15,17,21,30H,5-6,10-11H2,1-3H3/t14-,15+,21-/m1/s1. The predicted molar refractivity (Wildman–Crippen MR) is 129 cm³/mol. The van der Waals surface area contributed by atoms with Gasteiger partial charge in [0.1, 0.15) is 17.2 Å². The molecule has 0 bridgehead atoms. The van der Waals surface area contributed by atoms with E-state index in [-0.39, 0.29) is 23.9 Å². The maximum atomic E-state index is 13.3. The summed E-state index contributed by atoms with van der Waals surface area (Å²) in [4.78, 5) is 17.7. The molecule has 4 heterocycles. The van der Waals surface area contributed by atoms with Crippen LogP contribution in [-0.2, 0) is 16.2 Å². The highest BCUT2D eigenvalue weighted by Crippen LogP contribution is 2.35. The van der Waals surface area contributed by atoms with Gasteiger partial charge < -0.3 is 4.90 Å². The molecule has 1 aliphatic heterocycles. The van der Waals surface area contributed by atoms with Crippen molar-refractivity contribution in [1.82, 2.24) is 29.0 Å². The Kier molecular flexibility index (Phi) is 6.20. The van der Waals surface area contributed by atoms with Crippen LogP contribution in [0, 0.1) is 0 Å². The second kappa shape index (κ2) is 8.96. The molecular weight excluding hydrogens is 495 g/mol. The molecule has 2 fully saturated rings. The molecule has 1 aliphatic carbocycles. The number of alkyl halides is 3. The van der Waals surface area contributed by atoms with E-state index >= 15 is 0 Å². The molecule has 1 saturated carbocycles. The number of fused-ring (bicyclic) bond motifs is 1. The minimum absolute atomic E-state index is 0.0784. The van der Waals surface area contributed by atoms with Gasteiger partial charge in [-0.05, 0) is 44.9 Å². The lowest BCUT2D eigenvalue weighted by atomic mass is 9.96. The lowest BCUT2D eigenvalue weighted by Gasteiger charge is -2.49. The van der Waals surface area contributed by atoms with E-state index in [2.05, 4.69) is 24.5 Å². The highest BCUT2D eigenvalue weighted by molar-refractivity contribution is 7.88. The van der Waals surface area contributed by atoms with Crippen molar-refractivity contribution in [3.05, 3.63) is 42.4 Å². The van der Waals surface area contributed by atoms with E-state index in [1.807, 2.05) is 13.8 Å². The molecular formula is C23H28F3N7O2S. The molecule has 1 N–H and O–H groups in total. The highest BCUT2D eigenvalue weighted by atomic mass is 32.2. The smallest absolute Gasteiger partial charge is 0.351 e. The van der Waals surface area contributed by atoms with Crippen LogP contribution >= 0.6 is 0 Å². The van der Waals surface area contributed by atoms with Gasteiger partial charge in [0, 0.05) is 49.7 Å². The molecule has 1 saturated heterocycles. The quantitative estimate of drug-likeness (QED) is 0.531. The third kappa shape index (κ3) is 4.91. The Hall–Kier alpha value is -2.77. The number of imidazole rings is 1. The average Bonchev–Trinajstić information content (AvgIpc) is 3.55. The van der Waals surface area contributed by atoms with Crippen LogP contribution in [0.5, 0.6) is 0 Å². The number of hydrogen-bond acceptors (Lipinski definition) is 7. The first-order valence-electron chi connectivity index (χ1n) is 11.8. The number of aromatic nitrogens is 4. The lowest BCUT2D eigenvalue weighted by molar-refractivity contribution is -0.137. The molecule has 0 spiro atoms. The summed E-state index contributed by atoms with van der Waals surface area (Å²) < 4.78 is 67.9. The monoisotopic (exact) mass is 523 g/mol. The van der Waals surface area contributed by atoms with Crippen LogP contribution in [0.2, 0.25) is 0 Å². The summed E-state index contributed by atoms with van der Waals surface area (Å²) in [6.07, 6.45) is 2.91. The fraction of sp³-hybridized carbons (Fsp3) is 0.522. The first-order valence-corrected chi connectivity index (χ1v) is 13.7. The second-order valence-electron chi connectivity index (χ2n) is 9.60. The summed E-state index contributed by atoms with van der Waals surface area (Å²) >= 11 is 0. The zero-order valence-corrected chi connectivity index (χ0v) is 21.0. The normalized spacial score (nSPS) is 22.8. The van der Waals surface area contributed by atoms with E-state index in [1.165, 1.54) is 16.7 Å². The van der Waals surface area contributed by atoms with E-state index in [0.29, 0.717) is 29.7 Å². The molecule has 0 aromatic carbocycles. The summed E-state index contributed by atoms with van der Waals surface area (Å²) in [5.74, 6) is 0.886. The topological polar surface area (TPSA) is 95.7 Å². The zero-order valence-electron chi connectivity index (χ0n) is 20.1. The van der Waals surface area contributed by atoms with Crippen molar-refractivity contribution >= 4 is 21.5 Å². The van der Waals surface area contributed by atoms with Crippen molar-refractivity contribution < 1.29 is 21.6 Å². The highest BCUT2D eigenvalue weighted by Gasteiger charge is 2.44. The van der Waals surface area contributed by atoms with Gasteiger partial charge in [-0.2, -0.15) is 13.2 Å². The van der Waals surface area contributed by atoms with Crippen LogP contribution in [0.1, 0.15) is 32.3 Å². The van der Waals surface area contributed by atoms with Gasteiger partial charge in [-0.15, -0.1) is 0 Å². The number of halogens is 3. The van der Waals surface area contributed by atoms with E-state index in [1.54, 1.807) is 12.3 Å². The fourth-order valence-corrected chi connectivity index (χ4v) is 6.07. The Morgan fingerprint density at radius 2 is 1.89 bits per heavy atom. The molecule has 0 radical (unpaired) electrons. The summed E-state index contributed by atoms with van der Waals surface area (Å²) in [7, 11) is -3.39. The van der Waals surface area contributed by atoms with Crippen molar-refractivity contribution in [3.63, 3.8) is 0 Å². The maximum absolute atomic E-state index is 13.3. The van der Waals surface area contributed by atoms with Gasteiger partial charge in [0.05, 0.1) is 18.0 Å². The Balaban J connectivity index is 1.48. The SMILES string of the molecule is C[C@@H](NS(C)(=O)=O)[C@@H]1[C@H](C)N(c2ccnc(-c3cnc4ccc(C(F)(F)F)cn34)n2)CCN1C1CC1. The molecule has 13 heteroatoms. The molecule has 0 unspecified atom stereocenters. The number of nitrogens with zero attached hydrogens (tertiary/aromatic N) is 6. The largest absolute Gasteiger partial charge is 0.417 e. The number of nitrogens with one attached hydrogen (secondary N) is 1. The molecule has 5 rings (SSSR count). The van der Waals surface area contributed by atoms with Crippen LogP contribution < -0.4 is 9.62 Å². The van der Waals surface area contributed by atoms with Crippen molar-refractivity contribution in [2.24, 2.45) is 0 Å². The van der Waals surface area contributed by atoms with Crippen molar-refractivity contribution in [3.8, 4) is 11.5 Å². The third-order valence-corrected chi connectivity index (χ3v) is 7.69. The zero-order chi connectivity index (χ0) is 25.8. The van der Waals surface area contributed by atoms with Crippen LogP contribution in [0.15, 0.2) is 36.8 Å². The Morgan fingerprint density at radius 3 is 2.56 bits per heavy atom. The number of piperazine rings is 1. The maximum Gasteiger partial charge on any atom is 0.417 e. The summed E-state index contributed by atoms with van der Waals surface area (Å²) in [6.45, 7) is 5.36. The van der Waals surface area contributed by atoms with E-state index in [4.69, 9.17) is 4.98 Å². The van der Waals surface area contributed by atoms with Crippen LogP contribution in [-0.4, -0.2) is 76.2 Å². The minimum atomic E-state index is -4.49. The summed E-state index contributed by atoms with van der Waals surface area (Å²) in [5.41, 5.74) is -0.0736. The average molecular weight is 524 g/mol. The molecule has 36 heavy (non-hydrogen) atoms. The molecule has 3 aromatic heterocycles. The Labute approximate surface area is 207 Å². The van der Waals surface area contributed by atoms with Crippen LogP contribution in [0.25, 0.3) is 17.2 Å². The number of anilines is 1. The fourth-order valence-electron chi connectivity index (χ4n) is 5.25. The first kappa shape index (κ1) is 24.9. The second-order valence-corrected chi connectivity index (χ2v) is 11.4. The number of sulfonamides is 1. The van der Waals surface area contributed by atoms with Gasteiger partial charge in [-0.3, -0.25) is 9.30 Å². The molecule has 3 aromatic rings. The molecule has 0 amide bonds. The molecule has 194 valence electrons. The Bertz CT molecular complexity index is 1370. The van der Waals surface area contributed by atoms with Crippen molar-refractivity contribution in [1.29, 1.82) is 0 Å². The van der Waals surface area contributed by atoms with Crippen LogP contribution in [0.4, 0.5) is 19.0 Å². The first-order chi connectivity index (χ1) is 16.9. The van der Waals surface area contributed by atoms with Crippen molar-refractivity contribution in [2.75, 3.05) is 24.2 Å². The van der Waals surface area contributed by atoms with Gasteiger partial charge >= 0.3 is 6.18 Å². The minimum Gasteiger partial charge on any atom is -0.351 e. The van der Waals surface area contributed by atoms with Gasteiger partial charge in [-0.1, -0.05) is 0 Å². The van der Waals surface area contributed by atoms with Gasteiger partial charge in [0.15, 0.2) is 5.82 Å². The predicted octanol–water partition coefficient (Wildman–Crippen LogP) is 2.79. The van der Waals surface area contributed by atoms with Crippen molar-refractivity contribution in [2.45, 2.75) is 57.0 Å². The lowest BCUT2D eigenvalue weighted by Crippen LogP contribution is -2.65. The molecule has 2 aliphatic rings. The van der Waals surface area contributed by atoms with Crippen LogP contribution in [0.3, 0.4) is 0 Å². The third-order valence-electron chi connectivity index (χ3n) is 6.89. The number of hydrogen-bond donors (Lipinski definition) is 1. The van der Waals surface area contributed by atoms with Gasteiger partial charge in [-0.25, -0.2) is 28.1 Å². The van der Waals surface area contributed by atoms with Gasteiger partial charge in [0.2, 0.25) is 10.0 Å². The summed E-state index contributed by atoms with van der Waals surface area (Å²) in [6, 6.07) is 4.05. The molecule has 3 atom stereocenters. The van der Waals surface area contributed by atoms with E-state index in [0.717, 1.165) is 37.9 Å². The van der Waals surface area contributed by atoms with E-state index in [9.17, 15) is 21.6 Å². The van der Waals surface area contributed by atoms with Gasteiger partial charge in [0.25, 0.3) is 0 Å². The number of rotatable bonds is 6. The summed E-state index contributed by atoms with van der Waals surface area (Å²) in [5, 5.41) is 0.